The monoisotopic (exact) mass is 373 g/mol. The number of hydrogen-bond donors (Lipinski definition) is 0. The van der Waals surface area contributed by atoms with Gasteiger partial charge in [0.25, 0.3) is 0 Å². The summed E-state index contributed by atoms with van der Waals surface area (Å²) in [6.45, 7) is 0. The molecule has 0 bridgehead atoms. The second-order valence-corrected chi connectivity index (χ2v) is 6.76. The van der Waals surface area contributed by atoms with Gasteiger partial charge in [-0.15, -0.1) is 0 Å². The first-order valence-corrected chi connectivity index (χ1v) is 9.62. The molecule has 0 spiro atoms. The molecule has 1 heterocycles. The van der Waals surface area contributed by atoms with Gasteiger partial charge in [-0.3, -0.25) is 4.90 Å². The van der Waals surface area contributed by atoms with Gasteiger partial charge in [0.15, 0.2) is 5.82 Å². The molecule has 0 unspecified atom stereocenters. The summed E-state index contributed by atoms with van der Waals surface area (Å²) >= 11 is 0. The fourth-order valence-corrected chi connectivity index (χ4v) is 3.49. The van der Waals surface area contributed by atoms with Crippen LogP contribution in [0.4, 0.5) is 17.2 Å². The van der Waals surface area contributed by atoms with Crippen molar-refractivity contribution in [3.8, 4) is 11.4 Å². The molecule has 29 heavy (non-hydrogen) atoms. The molecule has 3 heteroatoms. The lowest BCUT2D eigenvalue weighted by atomic mass is 10.1. The summed E-state index contributed by atoms with van der Waals surface area (Å²) in [5.41, 5.74) is 4.04. The molecule has 0 fully saturated rings. The number of rotatable bonds is 4. The van der Waals surface area contributed by atoms with E-state index in [4.69, 9.17) is 9.97 Å². The first-order chi connectivity index (χ1) is 14.4. The van der Waals surface area contributed by atoms with Crippen LogP contribution in [-0.4, -0.2) is 9.97 Å². The van der Waals surface area contributed by atoms with Crippen LogP contribution in [0.15, 0.2) is 115 Å². The molecule has 3 nitrogen and oxygen atoms in total. The van der Waals surface area contributed by atoms with Crippen LogP contribution in [-0.2, 0) is 0 Å². The number of hydrogen-bond acceptors (Lipinski definition) is 3. The number of fused-ring (bicyclic) bond motifs is 1. The van der Waals surface area contributed by atoms with Gasteiger partial charge in [-0.05, 0) is 36.4 Å². The van der Waals surface area contributed by atoms with Crippen molar-refractivity contribution < 1.29 is 0 Å². The molecule has 0 amide bonds. The normalized spacial score (nSPS) is 10.8. The van der Waals surface area contributed by atoms with Gasteiger partial charge in [-0.1, -0.05) is 78.9 Å². The van der Waals surface area contributed by atoms with E-state index in [1.807, 2.05) is 84.9 Å². The molecule has 0 saturated carbocycles. The minimum Gasteiger partial charge on any atom is -0.294 e. The van der Waals surface area contributed by atoms with Gasteiger partial charge in [0.2, 0.25) is 0 Å². The summed E-state index contributed by atoms with van der Waals surface area (Å²) in [6, 6.07) is 39.0. The van der Waals surface area contributed by atoms with Crippen molar-refractivity contribution in [2.24, 2.45) is 0 Å². The average Bonchev–Trinajstić information content (AvgIpc) is 2.81. The summed E-state index contributed by atoms with van der Waals surface area (Å²) in [7, 11) is 0. The zero-order valence-corrected chi connectivity index (χ0v) is 15.8. The molecule has 0 atom stereocenters. The zero-order valence-electron chi connectivity index (χ0n) is 15.8. The summed E-state index contributed by atoms with van der Waals surface area (Å²) in [4.78, 5) is 12.1. The first kappa shape index (κ1) is 17.1. The molecule has 5 aromatic rings. The second-order valence-electron chi connectivity index (χ2n) is 6.76. The van der Waals surface area contributed by atoms with Crippen molar-refractivity contribution in [3.63, 3.8) is 0 Å². The molecule has 138 valence electrons. The average molecular weight is 373 g/mol. The van der Waals surface area contributed by atoms with Crippen LogP contribution in [0, 0.1) is 0 Å². The van der Waals surface area contributed by atoms with E-state index in [1.54, 1.807) is 0 Å². The van der Waals surface area contributed by atoms with Gasteiger partial charge >= 0.3 is 0 Å². The van der Waals surface area contributed by atoms with Crippen molar-refractivity contribution in [1.29, 1.82) is 0 Å². The number of anilines is 3. The van der Waals surface area contributed by atoms with Crippen LogP contribution in [0.25, 0.3) is 22.3 Å². The molecule has 4 aromatic carbocycles. The van der Waals surface area contributed by atoms with Crippen molar-refractivity contribution in [3.05, 3.63) is 115 Å². The Kier molecular flexibility index (Phi) is 4.47. The van der Waals surface area contributed by atoms with Gasteiger partial charge in [0, 0.05) is 22.3 Å². The number of nitrogens with zero attached hydrogens (tertiary/aromatic N) is 3. The molecule has 1 aromatic heterocycles. The predicted octanol–water partition coefficient (Wildman–Crippen LogP) is 6.77. The van der Waals surface area contributed by atoms with Crippen LogP contribution >= 0.6 is 0 Å². The largest absolute Gasteiger partial charge is 0.294 e. The quantitative estimate of drug-likeness (QED) is 0.348. The van der Waals surface area contributed by atoms with Crippen LogP contribution in [0.1, 0.15) is 0 Å². The van der Waals surface area contributed by atoms with Gasteiger partial charge in [-0.25, -0.2) is 9.97 Å². The highest BCUT2D eigenvalue weighted by Gasteiger charge is 2.18. The Bertz CT molecular complexity index is 1200. The summed E-state index contributed by atoms with van der Waals surface area (Å²) in [5, 5.41) is 1.01. The summed E-state index contributed by atoms with van der Waals surface area (Å²) in [5.74, 6) is 1.59. The van der Waals surface area contributed by atoms with Crippen molar-refractivity contribution in [1.82, 2.24) is 9.97 Å². The molecule has 5 rings (SSSR count). The second kappa shape index (κ2) is 7.56. The molecule has 0 aliphatic carbocycles. The number of para-hydroxylation sites is 3. The van der Waals surface area contributed by atoms with Crippen molar-refractivity contribution in [2.75, 3.05) is 4.90 Å². The van der Waals surface area contributed by atoms with Gasteiger partial charge in [0.1, 0.15) is 5.82 Å². The van der Waals surface area contributed by atoms with Crippen LogP contribution in [0.2, 0.25) is 0 Å². The highest BCUT2D eigenvalue weighted by Crippen LogP contribution is 2.37. The lowest BCUT2D eigenvalue weighted by Gasteiger charge is -2.25. The van der Waals surface area contributed by atoms with Crippen molar-refractivity contribution in [2.45, 2.75) is 0 Å². The van der Waals surface area contributed by atoms with Gasteiger partial charge in [-0.2, -0.15) is 0 Å². The lowest BCUT2D eigenvalue weighted by molar-refractivity contribution is 1.15. The van der Waals surface area contributed by atoms with E-state index in [9.17, 15) is 0 Å². The molecular weight excluding hydrogens is 354 g/mol. The molecule has 0 N–H and O–H groups in total. The molecular formula is C26H19N3. The van der Waals surface area contributed by atoms with E-state index >= 15 is 0 Å². The smallest absolute Gasteiger partial charge is 0.162 e. The third-order valence-electron chi connectivity index (χ3n) is 4.86. The fraction of sp³-hybridized carbons (Fsp3) is 0. The number of benzene rings is 4. The molecule has 0 aliphatic heterocycles. The Morgan fingerprint density at radius 1 is 0.483 bits per heavy atom. The van der Waals surface area contributed by atoms with E-state index in [-0.39, 0.29) is 0 Å². The molecule has 0 radical (unpaired) electrons. The van der Waals surface area contributed by atoms with Gasteiger partial charge in [0.05, 0.1) is 5.52 Å². The lowest BCUT2D eigenvalue weighted by Crippen LogP contribution is -2.13. The van der Waals surface area contributed by atoms with Crippen molar-refractivity contribution >= 4 is 28.1 Å². The maximum Gasteiger partial charge on any atom is 0.162 e. The third kappa shape index (κ3) is 3.34. The first-order valence-electron chi connectivity index (χ1n) is 9.62. The standard InChI is InChI=1S/C26H19N3/c1-4-12-20(13-5-1)25-27-24-19-11-10-18-23(24)26(28-25)29(21-14-6-2-7-15-21)22-16-8-3-9-17-22/h1-19H. The predicted molar refractivity (Wildman–Crippen MR) is 120 cm³/mol. The molecule has 0 aliphatic rings. The molecule has 0 saturated heterocycles. The van der Waals surface area contributed by atoms with E-state index < -0.39 is 0 Å². The highest BCUT2D eigenvalue weighted by molar-refractivity contribution is 5.95. The topological polar surface area (TPSA) is 29.0 Å². The Morgan fingerprint density at radius 3 is 1.62 bits per heavy atom. The summed E-state index contributed by atoms with van der Waals surface area (Å²) < 4.78 is 0. The van der Waals surface area contributed by atoms with E-state index in [2.05, 4.69) is 35.2 Å². The number of aromatic nitrogens is 2. The summed E-state index contributed by atoms with van der Waals surface area (Å²) in [6.07, 6.45) is 0. The Morgan fingerprint density at radius 2 is 1.00 bits per heavy atom. The van der Waals surface area contributed by atoms with Gasteiger partial charge < -0.3 is 0 Å². The Labute approximate surface area is 169 Å². The maximum absolute atomic E-state index is 5.04. The Hall–Kier alpha value is -3.98. The van der Waals surface area contributed by atoms with E-state index in [1.165, 1.54) is 0 Å². The maximum atomic E-state index is 5.04. The van der Waals surface area contributed by atoms with E-state index in [0.717, 1.165) is 39.5 Å². The van der Waals surface area contributed by atoms with Crippen LogP contribution in [0.3, 0.4) is 0 Å². The van der Waals surface area contributed by atoms with E-state index in [0.29, 0.717) is 0 Å². The zero-order chi connectivity index (χ0) is 19.5. The van der Waals surface area contributed by atoms with Crippen LogP contribution in [0.5, 0.6) is 0 Å². The Balaban J connectivity index is 1.81. The highest BCUT2D eigenvalue weighted by atomic mass is 15.2. The van der Waals surface area contributed by atoms with Crippen LogP contribution < -0.4 is 4.90 Å². The fourth-order valence-electron chi connectivity index (χ4n) is 3.49. The minimum absolute atomic E-state index is 0.719. The third-order valence-corrected chi connectivity index (χ3v) is 4.86. The SMILES string of the molecule is c1ccc(-c2nc(N(c3ccccc3)c3ccccc3)c3ccccc3n2)cc1. The minimum atomic E-state index is 0.719.